The number of aliphatic hydroxyl groups excluding tert-OH is 1. The fourth-order valence-electron chi connectivity index (χ4n) is 2.38. The standard InChI is InChI=1S/C13H18N2O3/c16-13-7-2-1-6-12(13)14-9-10-4-3-5-11(8-10)15(17)18/h3-5,8,12-14,16H,1-2,6-7,9H2/t12-,13-/m1/s1. The van der Waals surface area contributed by atoms with Gasteiger partial charge in [0.25, 0.3) is 5.69 Å². The smallest absolute Gasteiger partial charge is 0.269 e. The van der Waals surface area contributed by atoms with E-state index in [1.807, 2.05) is 6.07 Å². The summed E-state index contributed by atoms with van der Waals surface area (Å²) in [6, 6.07) is 6.71. The largest absolute Gasteiger partial charge is 0.392 e. The molecular weight excluding hydrogens is 232 g/mol. The van der Waals surface area contributed by atoms with Crippen LogP contribution < -0.4 is 5.32 Å². The lowest BCUT2D eigenvalue weighted by Crippen LogP contribution is -2.41. The van der Waals surface area contributed by atoms with E-state index >= 15 is 0 Å². The summed E-state index contributed by atoms with van der Waals surface area (Å²) in [6.45, 7) is 0.559. The van der Waals surface area contributed by atoms with Crippen molar-refractivity contribution >= 4 is 5.69 Å². The summed E-state index contributed by atoms with van der Waals surface area (Å²) < 4.78 is 0. The average Bonchev–Trinajstić information content (AvgIpc) is 2.38. The van der Waals surface area contributed by atoms with Crippen molar-refractivity contribution in [1.29, 1.82) is 0 Å². The summed E-state index contributed by atoms with van der Waals surface area (Å²) >= 11 is 0. The normalized spacial score (nSPS) is 23.8. The number of nitrogens with zero attached hydrogens (tertiary/aromatic N) is 1. The summed E-state index contributed by atoms with van der Waals surface area (Å²) in [5.41, 5.74) is 0.987. The Morgan fingerprint density at radius 1 is 1.39 bits per heavy atom. The van der Waals surface area contributed by atoms with Gasteiger partial charge in [0.05, 0.1) is 11.0 Å². The van der Waals surface area contributed by atoms with Crippen LogP contribution in [0.25, 0.3) is 0 Å². The number of nitro groups is 1. The molecule has 0 radical (unpaired) electrons. The number of hydrogen-bond donors (Lipinski definition) is 2. The van der Waals surface area contributed by atoms with Crippen LogP contribution in [0.5, 0.6) is 0 Å². The minimum atomic E-state index is -0.390. The van der Waals surface area contributed by atoms with Crippen molar-refractivity contribution in [1.82, 2.24) is 5.32 Å². The van der Waals surface area contributed by atoms with E-state index in [1.165, 1.54) is 6.07 Å². The van der Waals surface area contributed by atoms with Crippen molar-refractivity contribution in [2.75, 3.05) is 0 Å². The molecule has 0 unspecified atom stereocenters. The van der Waals surface area contributed by atoms with Gasteiger partial charge in [0.2, 0.25) is 0 Å². The number of non-ortho nitro benzene ring substituents is 1. The number of nitrogens with one attached hydrogen (secondary N) is 1. The molecule has 5 heteroatoms. The van der Waals surface area contributed by atoms with Crippen molar-refractivity contribution in [2.45, 2.75) is 44.4 Å². The van der Waals surface area contributed by atoms with E-state index in [0.717, 1.165) is 31.2 Å². The molecule has 1 aromatic rings. The Morgan fingerprint density at radius 2 is 2.17 bits per heavy atom. The fraction of sp³-hybridized carbons (Fsp3) is 0.538. The monoisotopic (exact) mass is 250 g/mol. The van der Waals surface area contributed by atoms with Crippen LogP contribution in [-0.2, 0) is 6.54 Å². The number of rotatable bonds is 4. The van der Waals surface area contributed by atoms with E-state index < -0.39 is 0 Å². The van der Waals surface area contributed by atoms with Gasteiger partial charge >= 0.3 is 0 Å². The van der Waals surface area contributed by atoms with Crippen molar-refractivity contribution < 1.29 is 10.0 Å². The molecule has 0 bridgehead atoms. The molecule has 0 heterocycles. The first kappa shape index (κ1) is 13.0. The highest BCUT2D eigenvalue weighted by Crippen LogP contribution is 2.19. The van der Waals surface area contributed by atoms with Gasteiger partial charge in [0.15, 0.2) is 0 Å². The highest BCUT2D eigenvalue weighted by molar-refractivity contribution is 5.34. The molecule has 0 aromatic heterocycles. The molecule has 1 fully saturated rings. The van der Waals surface area contributed by atoms with E-state index in [1.54, 1.807) is 12.1 Å². The summed E-state index contributed by atoms with van der Waals surface area (Å²) in [4.78, 5) is 10.3. The second kappa shape index (κ2) is 5.93. The Hall–Kier alpha value is -1.46. The van der Waals surface area contributed by atoms with Gasteiger partial charge in [-0.3, -0.25) is 10.1 Å². The highest BCUT2D eigenvalue weighted by atomic mass is 16.6. The Bertz CT molecular complexity index is 422. The first-order chi connectivity index (χ1) is 8.66. The van der Waals surface area contributed by atoms with Crippen molar-refractivity contribution in [3.8, 4) is 0 Å². The molecule has 1 aromatic carbocycles. The molecule has 2 N–H and O–H groups in total. The molecule has 0 saturated heterocycles. The van der Waals surface area contributed by atoms with Gasteiger partial charge in [0.1, 0.15) is 0 Å². The van der Waals surface area contributed by atoms with Crippen molar-refractivity contribution in [3.63, 3.8) is 0 Å². The maximum Gasteiger partial charge on any atom is 0.269 e. The first-order valence-corrected chi connectivity index (χ1v) is 6.31. The number of hydrogen-bond acceptors (Lipinski definition) is 4. The lowest BCUT2D eigenvalue weighted by molar-refractivity contribution is -0.384. The molecule has 0 aliphatic heterocycles. The third-order valence-corrected chi connectivity index (χ3v) is 3.42. The summed E-state index contributed by atoms with van der Waals surface area (Å²) in [5.74, 6) is 0. The molecule has 5 nitrogen and oxygen atoms in total. The van der Waals surface area contributed by atoms with Gasteiger partial charge in [-0.25, -0.2) is 0 Å². The molecule has 0 spiro atoms. The molecule has 1 aliphatic rings. The van der Waals surface area contributed by atoms with E-state index in [-0.39, 0.29) is 22.8 Å². The zero-order valence-corrected chi connectivity index (χ0v) is 10.2. The maximum absolute atomic E-state index is 10.7. The van der Waals surface area contributed by atoms with Gasteiger partial charge in [-0.05, 0) is 18.4 Å². The zero-order chi connectivity index (χ0) is 13.0. The Morgan fingerprint density at radius 3 is 2.89 bits per heavy atom. The molecule has 18 heavy (non-hydrogen) atoms. The second-order valence-electron chi connectivity index (χ2n) is 4.77. The van der Waals surface area contributed by atoms with E-state index in [2.05, 4.69) is 5.32 Å². The van der Waals surface area contributed by atoms with Crippen LogP contribution in [-0.4, -0.2) is 22.2 Å². The third-order valence-electron chi connectivity index (χ3n) is 3.42. The molecule has 1 saturated carbocycles. The van der Waals surface area contributed by atoms with Gasteiger partial charge in [0, 0.05) is 24.7 Å². The first-order valence-electron chi connectivity index (χ1n) is 6.31. The van der Waals surface area contributed by atoms with Crippen LogP contribution in [0.15, 0.2) is 24.3 Å². The zero-order valence-electron chi connectivity index (χ0n) is 10.2. The lowest BCUT2D eigenvalue weighted by atomic mass is 9.92. The third kappa shape index (κ3) is 3.27. The topological polar surface area (TPSA) is 75.4 Å². The molecule has 1 aliphatic carbocycles. The quantitative estimate of drug-likeness (QED) is 0.633. The Balaban J connectivity index is 1.93. The van der Waals surface area contributed by atoms with Gasteiger partial charge in [-0.15, -0.1) is 0 Å². The van der Waals surface area contributed by atoms with Crippen LogP contribution in [0.2, 0.25) is 0 Å². The molecule has 2 atom stereocenters. The highest BCUT2D eigenvalue weighted by Gasteiger charge is 2.22. The summed E-state index contributed by atoms with van der Waals surface area (Å²) in [5, 5.41) is 23.8. The second-order valence-corrected chi connectivity index (χ2v) is 4.77. The fourth-order valence-corrected chi connectivity index (χ4v) is 2.38. The van der Waals surface area contributed by atoms with Gasteiger partial charge in [-0.2, -0.15) is 0 Å². The van der Waals surface area contributed by atoms with E-state index in [9.17, 15) is 15.2 Å². The van der Waals surface area contributed by atoms with Gasteiger partial charge < -0.3 is 10.4 Å². The minimum absolute atomic E-state index is 0.109. The van der Waals surface area contributed by atoms with Crippen LogP contribution in [0, 0.1) is 10.1 Å². The predicted octanol–water partition coefficient (Wildman–Crippen LogP) is 1.99. The minimum Gasteiger partial charge on any atom is -0.392 e. The van der Waals surface area contributed by atoms with Crippen LogP contribution >= 0.6 is 0 Å². The van der Waals surface area contributed by atoms with E-state index in [0.29, 0.717) is 6.54 Å². The Labute approximate surface area is 106 Å². The molecular formula is C13H18N2O3. The summed E-state index contributed by atoms with van der Waals surface area (Å²) in [6.07, 6.45) is 3.72. The Kier molecular flexibility index (Phi) is 4.28. The van der Waals surface area contributed by atoms with Crippen LogP contribution in [0.3, 0.4) is 0 Å². The number of aliphatic hydroxyl groups is 1. The van der Waals surface area contributed by atoms with E-state index in [4.69, 9.17) is 0 Å². The molecule has 98 valence electrons. The molecule has 2 rings (SSSR count). The maximum atomic E-state index is 10.7. The number of benzene rings is 1. The molecule has 0 amide bonds. The van der Waals surface area contributed by atoms with Crippen LogP contribution in [0.1, 0.15) is 31.2 Å². The van der Waals surface area contributed by atoms with Crippen molar-refractivity contribution in [3.05, 3.63) is 39.9 Å². The van der Waals surface area contributed by atoms with Crippen LogP contribution in [0.4, 0.5) is 5.69 Å². The predicted molar refractivity (Wildman–Crippen MR) is 68.2 cm³/mol. The summed E-state index contributed by atoms with van der Waals surface area (Å²) in [7, 11) is 0. The number of nitro benzene ring substituents is 1. The SMILES string of the molecule is O=[N+]([O-])c1cccc(CN[C@@H]2CCCC[C@H]2O)c1. The van der Waals surface area contributed by atoms with Crippen molar-refractivity contribution in [2.24, 2.45) is 0 Å². The average molecular weight is 250 g/mol. The lowest BCUT2D eigenvalue weighted by Gasteiger charge is -2.28. The van der Waals surface area contributed by atoms with Gasteiger partial charge in [-0.1, -0.05) is 25.0 Å².